The van der Waals surface area contributed by atoms with Gasteiger partial charge < -0.3 is 4.90 Å². The predicted octanol–water partition coefficient (Wildman–Crippen LogP) is 3.73. The van der Waals surface area contributed by atoms with Crippen LogP contribution in [0.1, 0.15) is 23.6 Å². The number of quaternary nitrogens is 1. The van der Waals surface area contributed by atoms with Crippen molar-refractivity contribution in [2.75, 3.05) is 19.1 Å². The highest BCUT2D eigenvalue weighted by molar-refractivity contribution is 6.03. The third kappa shape index (κ3) is 3.88. The summed E-state index contributed by atoms with van der Waals surface area (Å²) >= 11 is 0. The van der Waals surface area contributed by atoms with Crippen molar-refractivity contribution >= 4 is 22.8 Å². The number of rotatable bonds is 5. The van der Waals surface area contributed by atoms with E-state index in [0.29, 0.717) is 0 Å². The highest BCUT2D eigenvalue weighted by Crippen LogP contribution is 2.37. The summed E-state index contributed by atoms with van der Waals surface area (Å²) in [6.07, 6.45) is 0.773. The van der Waals surface area contributed by atoms with Crippen LogP contribution >= 0.6 is 0 Å². The van der Waals surface area contributed by atoms with E-state index in [9.17, 15) is 10.1 Å². The first-order valence-corrected chi connectivity index (χ1v) is 9.60. The van der Waals surface area contributed by atoms with Gasteiger partial charge >= 0.3 is 0 Å². The zero-order chi connectivity index (χ0) is 20.4. The second-order valence-corrected chi connectivity index (χ2v) is 7.37. The molecule has 3 aromatic carbocycles. The molecule has 0 fully saturated rings. The van der Waals surface area contributed by atoms with Gasteiger partial charge in [-0.2, -0.15) is 5.10 Å². The molecule has 3 aromatic rings. The van der Waals surface area contributed by atoms with Gasteiger partial charge in [-0.3, -0.25) is 15.1 Å². The molecule has 1 heterocycles. The number of hydrazone groups is 1. The molecule has 6 heteroatoms. The third-order valence-electron chi connectivity index (χ3n) is 5.22. The number of nitro benzene ring substituents is 1. The Morgan fingerprint density at radius 3 is 2.21 bits per heavy atom. The molecule has 0 saturated carbocycles. The standard InChI is InChI=1S/C23H22N4O2/c1-25(2)19-10-8-18(9-11-19)23-16-22(17-6-4-3-5-7-17)24-26(23)20-12-14-21(15-13-20)27(28)29/h3-15,23H,16H2,1-2H3/p+1. The Hall–Kier alpha value is -3.51. The maximum Gasteiger partial charge on any atom is 0.269 e. The van der Waals surface area contributed by atoms with E-state index in [2.05, 4.69) is 50.5 Å². The van der Waals surface area contributed by atoms with E-state index in [1.54, 1.807) is 12.1 Å². The van der Waals surface area contributed by atoms with Crippen molar-refractivity contribution in [2.24, 2.45) is 5.10 Å². The van der Waals surface area contributed by atoms with Crippen LogP contribution in [0, 0.1) is 10.1 Å². The van der Waals surface area contributed by atoms with Gasteiger partial charge in [0.25, 0.3) is 5.69 Å². The number of benzene rings is 3. The lowest BCUT2D eigenvalue weighted by atomic mass is 9.98. The highest BCUT2D eigenvalue weighted by Gasteiger charge is 2.30. The molecule has 146 valence electrons. The maximum absolute atomic E-state index is 11.0. The molecule has 29 heavy (non-hydrogen) atoms. The number of nitrogens with zero attached hydrogens (tertiary/aromatic N) is 3. The average molecular weight is 387 g/mol. The molecule has 0 amide bonds. The quantitative estimate of drug-likeness (QED) is 0.536. The Bertz CT molecular complexity index is 1030. The summed E-state index contributed by atoms with van der Waals surface area (Å²) in [5.74, 6) is 0. The van der Waals surface area contributed by atoms with E-state index in [-0.39, 0.29) is 16.7 Å². The molecule has 0 radical (unpaired) electrons. The van der Waals surface area contributed by atoms with Gasteiger partial charge in [-0.1, -0.05) is 42.5 Å². The van der Waals surface area contributed by atoms with Crippen molar-refractivity contribution in [3.05, 3.63) is 100 Å². The monoisotopic (exact) mass is 387 g/mol. The van der Waals surface area contributed by atoms with Crippen molar-refractivity contribution in [3.63, 3.8) is 0 Å². The number of hydrogen-bond acceptors (Lipinski definition) is 4. The maximum atomic E-state index is 11.0. The largest absolute Gasteiger partial charge is 0.307 e. The second-order valence-electron chi connectivity index (χ2n) is 7.37. The summed E-state index contributed by atoms with van der Waals surface area (Å²) < 4.78 is 0. The number of anilines is 1. The van der Waals surface area contributed by atoms with Crippen molar-refractivity contribution in [1.82, 2.24) is 0 Å². The van der Waals surface area contributed by atoms with Crippen molar-refractivity contribution in [2.45, 2.75) is 12.5 Å². The molecule has 6 nitrogen and oxygen atoms in total. The van der Waals surface area contributed by atoms with Gasteiger partial charge in [-0.15, -0.1) is 0 Å². The first-order chi connectivity index (χ1) is 14.0. The van der Waals surface area contributed by atoms with Crippen LogP contribution in [0.5, 0.6) is 0 Å². The molecule has 0 aromatic heterocycles. The van der Waals surface area contributed by atoms with E-state index < -0.39 is 0 Å². The topological polar surface area (TPSA) is 63.2 Å². The molecule has 0 saturated heterocycles. The molecular weight excluding hydrogens is 364 g/mol. The van der Waals surface area contributed by atoms with Crippen LogP contribution in [-0.2, 0) is 0 Å². The number of nitrogens with one attached hydrogen (secondary N) is 1. The third-order valence-corrected chi connectivity index (χ3v) is 5.22. The summed E-state index contributed by atoms with van der Waals surface area (Å²) in [5, 5.41) is 17.9. The fourth-order valence-corrected chi connectivity index (χ4v) is 3.58. The van der Waals surface area contributed by atoms with Crippen LogP contribution in [0.3, 0.4) is 0 Å². The fourth-order valence-electron chi connectivity index (χ4n) is 3.58. The highest BCUT2D eigenvalue weighted by atomic mass is 16.6. The normalized spacial score (nSPS) is 16.2. The van der Waals surface area contributed by atoms with Gasteiger partial charge in [0.05, 0.1) is 36.5 Å². The van der Waals surface area contributed by atoms with Crippen LogP contribution in [0.25, 0.3) is 0 Å². The lowest BCUT2D eigenvalue weighted by Gasteiger charge is -2.24. The average Bonchev–Trinajstić information content (AvgIpc) is 3.20. The van der Waals surface area contributed by atoms with Crippen LogP contribution in [0.15, 0.2) is 84.0 Å². The van der Waals surface area contributed by atoms with Gasteiger partial charge in [0.15, 0.2) is 0 Å². The first kappa shape index (κ1) is 18.8. The minimum Gasteiger partial charge on any atom is -0.307 e. The lowest BCUT2D eigenvalue weighted by Crippen LogP contribution is -3.00. The molecule has 0 bridgehead atoms. The van der Waals surface area contributed by atoms with Crippen molar-refractivity contribution < 1.29 is 9.82 Å². The van der Waals surface area contributed by atoms with Gasteiger partial charge in [-0.25, -0.2) is 0 Å². The summed E-state index contributed by atoms with van der Waals surface area (Å²) in [5.41, 5.74) is 5.41. The number of non-ortho nitro benzene ring substituents is 1. The van der Waals surface area contributed by atoms with E-state index in [1.807, 2.05) is 23.2 Å². The van der Waals surface area contributed by atoms with Gasteiger partial charge in [0.1, 0.15) is 5.69 Å². The number of hydrogen-bond donors (Lipinski definition) is 1. The zero-order valence-corrected chi connectivity index (χ0v) is 16.4. The molecule has 1 aliphatic rings. The summed E-state index contributed by atoms with van der Waals surface area (Å²) in [6.45, 7) is 0. The summed E-state index contributed by atoms with van der Waals surface area (Å²) in [7, 11) is 4.20. The Balaban J connectivity index is 1.71. The summed E-state index contributed by atoms with van der Waals surface area (Å²) in [4.78, 5) is 11.9. The molecule has 4 rings (SSSR count). The molecular formula is C23H23N4O2+. The molecule has 1 atom stereocenters. The van der Waals surface area contributed by atoms with E-state index in [1.165, 1.54) is 28.3 Å². The Morgan fingerprint density at radius 2 is 1.62 bits per heavy atom. The zero-order valence-electron chi connectivity index (χ0n) is 16.4. The number of nitro groups is 1. The van der Waals surface area contributed by atoms with E-state index in [0.717, 1.165) is 23.4 Å². The van der Waals surface area contributed by atoms with Crippen molar-refractivity contribution in [3.8, 4) is 0 Å². The molecule has 1 aliphatic heterocycles. The Morgan fingerprint density at radius 1 is 0.966 bits per heavy atom. The van der Waals surface area contributed by atoms with Crippen LogP contribution < -0.4 is 9.91 Å². The molecule has 0 spiro atoms. The van der Waals surface area contributed by atoms with E-state index in [4.69, 9.17) is 5.10 Å². The smallest absolute Gasteiger partial charge is 0.269 e. The van der Waals surface area contributed by atoms with Gasteiger partial charge in [0.2, 0.25) is 0 Å². The second kappa shape index (κ2) is 7.85. The predicted molar refractivity (Wildman–Crippen MR) is 115 cm³/mol. The Labute approximate surface area is 169 Å². The minimum atomic E-state index is -0.383. The van der Waals surface area contributed by atoms with Crippen LogP contribution in [0.4, 0.5) is 17.1 Å². The van der Waals surface area contributed by atoms with Crippen molar-refractivity contribution in [1.29, 1.82) is 0 Å². The SMILES string of the molecule is C[NH+](C)c1ccc(C2CC(c3ccccc3)=NN2c2ccc([N+](=O)[O-])cc2)cc1. The molecule has 1 N–H and O–H groups in total. The molecule has 0 aliphatic carbocycles. The van der Waals surface area contributed by atoms with Crippen LogP contribution in [-0.4, -0.2) is 24.7 Å². The summed E-state index contributed by atoms with van der Waals surface area (Å²) in [6, 6.07) is 25.3. The van der Waals surface area contributed by atoms with Gasteiger partial charge in [-0.05, 0) is 35.4 Å². The lowest BCUT2D eigenvalue weighted by molar-refractivity contribution is -0.786. The van der Waals surface area contributed by atoms with E-state index >= 15 is 0 Å². The fraction of sp³-hybridized carbons (Fsp3) is 0.174. The minimum absolute atomic E-state index is 0.0397. The van der Waals surface area contributed by atoms with Gasteiger partial charge in [0, 0.05) is 18.6 Å². The first-order valence-electron chi connectivity index (χ1n) is 9.60. The Kier molecular flexibility index (Phi) is 5.10. The van der Waals surface area contributed by atoms with Crippen LogP contribution in [0.2, 0.25) is 0 Å². The molecule has 1 unspecified atom stereocenters.